The molecule has 0 aliphatic carbocycles. The molecule has 2 unspecified atom stereocenters. The third kappa shape index (κ3) is 8.97. The average Bonchev–Trinajstić information content (AvgIpc) is 2.43. The lowest BCUT2D eigenvalue weighted by Gasteiger charge is -2.31. The summed E-state index contributed by atoms with van der Waals surface area (Å²) in [6.07, 6.45) is 6.69. The van der Waals surface area contributed by atoms with Crippen molar-refractivity contribution in [2.24, 2.45) is 5.92 Å². The molecule has 0 aromatic carbocycles. The van der Waals surface area contributed by atoms with E-state index in [1.54, 1.807) is 0 Å². The van der Waals surface area contributed by atoms with E-state index < -0.39 is 0 Å². The Morgan fingerprint density at radius 2 is 1.45 bits per heavy atom. The maximum Gasteiger partial charge on any atom is 0.00975 e. The summed E-state index contributed by atoms with van der Waals surface area (Å²) in [6.45, 7) is 21.5. The van der Waals surface area contributed by atoms with Crippen LogP contribution in [0, 0.1) is 12.8 Å². The molecule has 1 radical (unpaired) electrons. The van der Waals surface area contributed by atoms with Crippen LogP contribution in [-0.4, -0.2) is 48.6 Å². The van der Waals surface area contributed by atoms with Crippen molar-refractivity contribution in [2.75, 3.05) is 32.7 Å². The van der Waals surface area contributed by atoms with Gasteiger partial charge in [-0.15, -0.1) is 0 Å². The van der Waals surface area contributed by atoms with Crippen molar-refractivity contribution in [3.63, 3.8) is 0 Å². The molecule has 0 rings (SSSR count). The summed E-state index contributed by atoms with van der Waals surface area (Å²) in [5, 5.41) is 0. The first-order chi connectivity index (χ1) is 9.58. The van der Waals surface area contributed by atoms with Crippen molar-refractivity contribution < 1.29 is 0 Å². The molecule has 2 atom stereocenters. The van der Waals surface area contributed by atoms with Gasteiger partial charge in [0.15, 0.2) is 0 Å². The highest BCUT2D eigenvalue weighted by Gasteiger charge is 2.16. The van der Waals surface area contributed by atoms with Crippen molar-refractivity contribution >= 4 is 0 Å². The monoisotopic (exact) mass is 283 g/mol. The summed E-state index contributed by atoms with van der Waals surface area (Å²) in [4.78, 5) is 5.14. The molecule has 0 fully saturated rings. The molecule has 0 N–H and O–H groups in total. The van der Waals surface area contributed by atoms with Crippen LogP contribution in [-0.2, 0) is 0 Å². The molecule has 20 heavy (non-hydrogen) atoms. The second kappa shape index (κ2) is 12.6. The Morgan fingerprint density at radius 1 is 0.850 bits per heavy atom. The van der Waals surface area contributed by atoms with Crippen LogP contribution in [0.4, 0.5) is 0 Å². The second-order valence-electron chi connectivity index (χ2n) is 6.09. The lowest BCUT2D eigenvalue weighted by atomic mass is 9.97. The molecular formula is C18H39N2. The van der Waals surface area contributed by atoms with E-state index in [-0.39, 0.29) is 0 Å². The Labute approximate surface area is 128 Å². The predicted molar refractivity (Wildman–Crippen MR) is 92.1 cm³/mol. The van der Waals surface area contributed by atoms with Gasteiger partial charge in [0.1, 0.15) is 0 Å². The van der Waals surface area contributed by atoms with E-state index in [0.29, 0.717) is 5.92 Å². The molecule has 0 aromatic rings. The van der Waals surface area contributed by atoms with Gasteiger partial charge in [-0.1, -0.05) is 54.4 Å². The topological polar surface area (TPSA) is 6.48 Å². The van der Waals surface area contributed by atoms with Crippen LogP contribution in [0.2, 0.25) is 0 Å². The average molecular weight is 284 g/mol. The molecule has 0 spiro atoms. The highest BCUT2D eigenvalue weighted by Crippen LogP contribution is 2.17. The Balaban J connectivity index is 3.95. The summed E-state index contributed by atoms with van der Waals surface area (Å²) >= 11 is 0. The fraction of sp³-hybridized carbons (Fsp3) is 0.944. The first-order valence-corrected chi connectivity index (χ1v) is 8.88. The van der Waals surface area contributed by atoms with Crippen LogP contribution in [0.1, 0.15) is 66.7 Å². The standard InChI is InChI=1S/C18H39N2/c1-7-19(8-2)15-13-11-12-14-18(16-17(5)6)20(9-3)10-4/h17-18H,5,7-16H2,1-4,6H3. The van der Waals surface area contributed by atoms with E-state index in [9.17, 15) is 0 Å². The van der Waals surface area contributed by atoms with Gasteiger partial charge < -0.3 is 9.80 Å². The van der Waals surface area contributed by atoms with Crippen LogP contribution in [0.5, 0.6) is 0 Å². The number of nitrogens with zero attached hydrogens (tertiary/aromatic N) is 2. The van der Waals surface area contributed by atoms with Gasteiger partial charge in [0.05, 0.1) is 0 Å². The molecule has 0 saturated heterocycles. The Morgan fingerprint density at radius 3 is 1.90 bits per heavy atom. The van der Waals surface area contributed by atoms with Crippen LogP contribution in [0.25, 0.3) is 0 Å². The first-order valence-electron chi connectivity index (χ1n) is 8.88. The third-order valence-electron chi connectivity index (χ3n) is 4.41. The lowest BCUT2D eigenvalue weighted by molar-refractivity contribution is 0.180. The van der Waals surface area contributed by atoms with E-state index >= 15 is 0 Å². The Kier molecular flexibility index (Phi) is 12.6. The van der Waals surface area contributed by atoms with Gasteiger partial charge in [0.25, 0.3) is 0 Å². The molecule has 2 heteroatoms. The van der Waals surface area contributed by atoms with Crippen LogP contribution in [0.15, 0.2) is 0 Å². The lowest BCUT2D eigenvalue weighted by Crippen LogP contribution is -2.36. The molecule has 0 aromatic heterocycles. The van der Waals surface area contributed by atoms with Crippen molar-refractivity contribution in [2.45, 2.75) is 72.8 Å². The predicted octanol–water partition coefficient (Wildman–Crippen LogP) is 4.46. The van der Waals surface area contributed by atoms with Crippen LogP contribution in [0.3, 0.4) is 0 Å². The molecule has 2 nitrogen and oxygen atoms in total. The number of unbranched alkanes of at least 4 members (excludes halogenated alkanes) is 2. The number of hydrogen-bond acceptors (Lipinski definition) is 2. The molecule has 0 aliphatic rings. The second-order valence-corrected chi connectivity index (χ2v) is 6.09. The van der Waals surface area contributed by atoms with Gasteiger partial charge in [-0.3, -0.25) is 0 Å². The van der Waals surface area contributed by atoms with Crippen molar-refractivity contribution in [3.05, 3.63) is 6.92 Å². The summed E-state index contributed by atoms with van der Waals surface area (Å²) in [5.41, 5.74) is 0. The van der Waals surface area contributed by atoms with Crippen molar-refractivity contribution in [1.82, 2.24) is 9.80 Å². The molecule has 121 valence electrons. The van der Waals surface area contributed by atoms with Gasteiger partial charge in [0, 0.05) is 6.04 Å². The third-order valence-corrected chi connectivity index (χ3v) is 4.41. The van der Waals surface area contributed by atoms with Crippen LogP contribution < -0.4 is 0 Å². The fourth-order valence-corrected chi connectivity index (χ4v) is 3.09. The number of hydrogen-bond donors (Lipinski definition) is 0. The minimum absolute atomic E-state index is 0.566. The Hall–Kier alpha value is -0.0800. The van der Waals surface area contributed by atoms with E-state index in [4.69, 9.17) is 0 Å². The Bertz CT molecular complexity index is 196. The minimum Gasteiger partial charge on any atom is -0.304 e. The quantitative estimate of drug-likeness (QED) is 0.460. The SMILES string of the molecule is [CH2]C(C)CC(CCCCCN(CC)CC)N(CC)CC. The highest BCUT2D eigenvalue weighted by atomic mass is 15.1. The molecule has 0 heterocycles. The zero-order valence-electron chi connectivity index (χ0n) is 14.8. The molecule has 0 aliphatic heterocycles. The van der Waals surface area contributed by atoms with Gasteiger partial charge in [-0.05, 0) is 57.9 Å². The molecule has 0 amide bonds. The van der Waals surface area contributed by atoms with Gasteiger partial charge in [0.2, 0.25) is 0 Å². The zero-order chi connectivity index (χ0) is 15.4. The van der Waals surface area contributed by atoms with Crippen molar-refractivity contribution in [3.8, 4) is 0 Å². The molecular weight excluding hydrogens is 244 g/mol. The van der Waals surface area contributed by atoms with E-state index in [1.807, 2.05) is 0 Å². The summed E-state index contributed by atoms with van der Waals surface area (Å²) in [5.74, 6) is 0.566. The number of rotatable bonds is 13. The smallest absolute Gasteiger partial charge is 0.00975 e. The summed E-state index contributed by atoms with van der Waals surface area (Å²) in [7, 11) is 0. The van der Waals surface area contributed by atoms with E-state index in [0.717, 1.165) is 6.04 Å². The first kappa shape index (κ1) is 19.9. The van der Waals surface area contributed by atoms with Crippen LogP contribution >= 0.6 is 0 Å². The molecule has 0 bridgehead atoms. The zero-order valence-corrected chi connectivity index (χ0v) is 14.8. The summed E-state index contributed by atoms with van der Waals surface area (Å²) < 4.78 is 0. The maximum absolute atomic E-state index is 4.19. The van der Waals surface area contributed by atoms with Crippen molar-refractivity contribution in [1.29, 1.82) is 0 Å². The maximum atomic E-state index is 4.19. The largest absolute Gasteiger partial charge is 0.304 e. The van der Waals surface area contributed by atoms with Gasteiger partial charge in [-0.2, -0.15) is 0 Å². The normalized spacial score (nSPS) is 13.7. The summed E-state index contributed by atoms with van der Waals surface area (Å²) in [6, 6.07) is 0.742. The van der Waals surface area contributed by atoms with E-state index in [2.05, 4.69) is 51.3 Å². The van der Waals surface area contributed by atoms with Gasteiger partial charge >= 0.3 is 0 Å². The van der Waals surface area contributed by atoms with E-state index in [1.165, 1.54) is 64.8 Å². The minimum atomic E-state index is 0.566. The molecule has 0 saturated carbocycles. The highest BCUT2D eigenvalue weighted by molar-refractivity contribution is 4.74. The fourth-order valence-electron chi connectivity index (χ4n) is 3.09. The van der Waals surface area contributed by atoms with Gasteiger partial charge in [-0.25, -0.2) is 0 Å².